The van der Waals surface area contributed by atoms with Crippen LogP contribution in [0.3, 0.4) is 0 Å². The normalized spacial score (nSPS) is 22.9. The number of hydrogen-bond donors (Lipinski definition) is 2. The summed E-state index contributed by atoms with van der Waals surface area (Å²) in [6.07, 6.45) is 1.13. The molecular formula is C6H12N6. The summed E-state index contributed by atoms with van der Waals surface area (Å²) in [7, 11) is 1.82. The third kappa shape index (κ3) is 1.38. The van der Waals surface area contributed by atoms with Crippen molar-refractivity contribution in [3.63, 3.8) is 0 Å². The van der Waals surface area contributed by atoms with Gasteiger partial charge in [-0.15, -0.1) is 0 Å². The van der Waals surface area contributed by atoms with Crippen LogP contribution in [0.15, 0.2) is 0 Å². The summed E-state index contributed by atoms with van der Waals surface area (Å²) < 4.78 is 1.64. The van der Waals surface area contributed by atoms with E-state index >= 15 is 0 Å². The molecule has 0 saturated carbocycles. The highest BCUT2D eigenvalue weighted by atomic mass is 15.6. The second-order valence-electron chi connectivity index (χ2n) is 2.96. The van der Waals surface area contributed by atoms with Gasteiger partial charge in [0.2, 0.25) is 5.95 Å². The van der Waals surface area contributed by atoms with Gasteiger partial charge in [-0.05, 0) is 23.4 Å². The molecule has 1 aromatic rings. The van der Waals surface area contributed by atoms with E-state index in [1.807, 2.05) is 7.05 Å². The van der Waals surface area contributed by atoms with Crippen LogP contribution in [0, 0.1) is 0 Å². The molecule has 1 fully saturated rings. The van der Waals surface area contributed by atoms with Gasteiger partial charge in [-0.25, -0.2) is 4.68 Å². The van der Waals surface area contributed by atoms with Gasteiger partial charge in [-0.3, -0.25) is 0 Å². The minimum absolute atomic E-state index is 0.467. The molecule has 0 unspecified atom stereocenters. The highest BCUT2D eigenvalue weighted by Crippen LogP contribution is 2.05. The van der Waals surface area contributed by atoms with E-state index in [2.05, 4.69) is 26.2 Å². The fourth-order valence-corrected chi connectivity index (χ4v) is 1.31. The van der Waals surface area contributed by atoms with Crippen molar-refractivity contribution >= 4 is 5.95 Å². The molecule has 1 aliphatic rings. The molecule has 0 spiro atoms. The number of anilines is 1. The lowest BCUT2D eigenvalue weighted by Gasteiger charge is -2.09. The Balaban J connectivity index is 1.98. The molecule has 2 rings (SSSR count). The van der Waals surface area contributed by atoms with Gasteiger partial charge in [-0.2, -0.15) is 0 Å². The quantitative estimate of drug-likeness (QED) is 0.592. The van der Waals surface area contributed by atoms with Crippen molar-refractivity contribution in [2.24, 2.45) is 7.05 Å². The van der Waals surface area contributed by atoms with Crippen LogP contribution in [0.4, 0.5) is 5.95 Å². The van der Waals surface area contributed by atoms with E-state index < -0.39 is 0 Å². The van der Waals surface area contributed by atoms with Crippen LogP contribution in [-0.2, 0) is 7.05 Å². The van der Waals surface area contributed by atoms with Gasteiger partial charge >= 0.3 is 0 Å². The van der Waals surface area contributed by atoms with Gasteiger partial charge < -0.3 is 10.6 Å². The largest absolute Gasteiger partial charge is 0.349 e. The molecule has 66 valence electrons. The topological polar surface area (TPSA) is 67.7 Å². The summed E-state index contributed by atoms with van der Waals surface area (Å²) in [5.41, 5.74) is 0. The maximum atomic E-state index is 3.84. The SMILES string of the molecule is Cn1nnnc1N[C@H]1CCNC1. The maximum absolute atomic E-state index is 3.84. The van der Waals surface area contributed by atoms with E-state index in [0.29, 0.717) is 6.04 Å². The number of aromatic nitrogens is 4. The number of rotatable bonds is 2. The molecule has 12 heavy (non-hydrogen) atoms. The molecule has 2 N–H and O–H groups in total. The summed E-state index contributed by atoms with van der Waals surface area (Å²) >= 11 is 0. The van der Waals surface area contributed by atoms with E-state index in [9.17, 15) is 0 Å². The van der Waals surface area contributed by atoms with Crippen molar-refractivity contribution in [3.05, 3.63) is 0 Å². The zero-order chi connectivity index (χ0) is 8.39. The van der Waals surface area contributed by atoms with Gasteiger partial charge in [-0.1, -0.05) is 5.10 Å². The van der Waals surface area contributed by atoms with E-state index in [1.165, 1.54) is 0 Å². The van der Waals surface area contributed by atoms with E-state index in [0.717, 1.165) is 25.5 Å². The van der Waals surface area contributed by atoms with Crippen LogP contribution in [0.25, 0.3) is 0 Å². The number of aryl methyl sites for hydroxylation is 1. The van der Waals surface area contributed by atoms with Crippen LogP contribution in [-0.4, -0.2) is 39.3 Å². The summed E-state index contributed by atoms with van der Waals surface area (Å²) in [6, 6.07) is 0.467. The smallest absolute Gasteiger partial charge is 0.242 e. The molecule has 0 amide bonds. The summed E-state index contributed by atoms with van der Waals surface area (Å²) in [6.45, 7) is 2.07. The average molecular weight is 168 g/mol. The fourth-order valence-electron chi connectivity index (χ4n) is 1.31. The molecule has 6 heteroatoms. The average Bonchev–Trinajstić information content (AvgIpc) is 2.65. The van der Waals surface area contributed by atoms with Crippen molar-refractivity contribution in [1.29, 1.82) is 0 Å². The predicted octanol–water partition coefficient (Wildman–Crippen LogP) is -1.02. The molecular weight excluding hydrogens is 156 g/mol. The standard InChI is InChI=1S/C6H12N6/c1-12-6(9-10-11-12)8-5-2-3-7-4-5/h5,7H,2-4H2,1H3,(H,8,9,11)/t5-/m0/s1. The lowest BCUT2D eigenvalue weighted by atomic mass is 10.3. The molecule has 0 aromatic carbocycles. The Morgan fingerprint density at radius 3 is 3.17 bits per heavy atom. The Kier molecular flexibility index (Phi) is 1.91. The first kappa shape index (κ1) is 7.48. The zero-order valence-corrected chi connectivity index (χ0v) is 6.99. The Morgan fingerprint density at radius 2 is 2.58 bits per heavy atom. The third-order valence-electron chi connectivity index (χ3n) is 2.01. The minimum Gasteiger partial charge on any atom is -0.349 e. The predicted molar refractivity (Wildman–Crippen MR) is 43.7 cm³/mol. The highest BCUT2D eigenvalue weighted by molar-refractivity contribution is 5.23. The number of tetrazole rings is 1. The Morgan fingerprint density at radius 1 is 1.67 bits per heavy atom. The Bertz CT molecular complexity index is 250. The second-order valence-corrected chi connectivity index (χ2v) is 2.96. The van der Waals surface area contributed by atoms with Gasteiger partial charge in [0.25, 0.3) is 0 Å². The third-order valence-corrected chi connectivity index (χ3v) is 2.01. The highest BCUT2D eigenvalue weighted by Gasteiger charge is 2.15. The van der Waals surface area contributed by atoms with E-state index in [1.54, 1.807) is 4.68 Å². The summed E-state index contributed by atoms with van der Waals surface area (Å²) in [5, 5.41) is 17.6. The molecule has 0 bridgehead atoms. The van der Waals surface area contributed by atoms with Crippen LogP contribution < -0.4 is 10.6 Å². The van der Waals surface area contributed by atoms with Crippen molar-refractivity contribution in [1.82, 2.24) is 25.5 Å². The summed E-state index contributed by atoms with van der Waals surface area (Å²) in [5.74, 6) is 0.740. The molecule has 0 aliphatic carbocycles. The van der Waals surface area contributed by atoms with Crippen molar-refractivity contribution in [2.75, 3.05) is 18.4 Å². The lowest BCUT2D eigenvalue weighted by Crippen LogP contribution is -2.23. The first-order valence-corrected chi connectivity index (χ1v) is 4.06. The molecule has 1 aromatic heterocycles. The number of nitrogens with one attached hydrogen (secondary N) is 2. The first-order chi connectivity index (χ1) is 5.86. The Labute approximate surface area is 70.3 Å². The monoisotopic (exact) mass is 168 g/mol. The first-order valence-electron chi connectivity index (χ1n) is 4.06. The van der Waals surface area contributed by atoms with Gasteiger partial charge in [0.05, 0.1) is 0 Å². The van der Waals surface area contributed by atoms with Crippen LogP contribution >= 0.6 is 0 Å². The van der Waals surface area contributed by atoms with Gasteiger partial charge in [0, 0.05) is 19.6 Å². The molecule has 2 heterocycles. The van der Waals surface area contributed by atoms with Gasteiger partial charge in [0.1, 0.15) is 0 Å². The molecule has 1 atom stereocenters. The Hall–Kier alpha value is -1.17. The zero-order valence-electron chi connectivity index (χ0n) is 6.99. The van der Waals surface area contributed by atoms with E-state index in [4.69, 9.17) is 0 Å². The van der Waals surface area contributed by atoms with E-state index in [-0.39, 0.29) is 0 Å². The van der Waals surface area contributed by atoms with Crippen LogP contribution in [0.2, 0.25) is 0 Å². The molecule has 1 aliphatic heterocycles. The van der Waals surface area contributed by atoms with Crippen molar-refractivity contribution in [2.45, 2.75) is 12.5 Å². The molecule has 1 saturated heterocycles. The fraction of sp³-hybridized carbons (Fsp3) is 0.833. The van der Waals surface area contributed by atoms with Gasteiger partial charge in [0.15, 0.2) is 0 Å². The minimum atomic E-state index is 0.467. The second kappa shape index (κ2) is 3.06. The number of hydrogen-bond acceptors (Lipinski definition) is 5. The summed E-state index contributed by atoms with van der Waals surface area (Å²) in [4.78, 5) is 0. The van der Waals surface area contributed by atoms with Crippen LogP contribution in [0.1, 0.15) is 6.42 Å². The molecule has 6 nitrogen and oxygen atoms in total. The van der Waals surface area contributed by atoms with Crippen molar-refractivity contribution < 1.29 is 0 Å². The van der Waals surface area contributed by atoms with Crippen molar-refractivity contribution in [3.8, 4) is 0 Å². The maximum Gasteiger partial charge on any atom is 0.242 e. The molecule has 0 radical (unpaired) electrons. The number of nitrogens with zero attached hydrogens (tertiary/aromatic N) is 4. The van der Waals surface area contributed by atoms with Crippen LogP contribution in [0.5, 0.6) is 0 Å². The lowest BCUT2D eigenvalue weighted by molar-refractivity contribution is 0.699.